The van der Waals surface area contributed by atoms with E-state index >= 15 is 0 Å². The van der Waals surface area contributed by atoms with Gasteiger partial charge < -0.3 is 14.9 Å². The molecule has 5 heteroatoms. The fourth-order valence-electron chi connectivity index (χ4n) is 2.51. The number of piperazine rings is 1. The second-order valence-electron chi connectivity index (χ2n) is 5.24. The van der Waals surface area contributed by atoms with Crippen molar-refractivity contribution in [3.8, 4) is 0 Å². The molecule has 1 unspecified atom stereocenters. The summed E-state index contributed by atoms with van der Waals surface area (Å²) in [6, 6.07) is 6.12. The van der Waals surface area contributed by atoms with Crippen LogP contribution in [0.5, 0.6) is 0 Å². The molecule has 21 heavy (non-hydrogen) atoms. The number of imidazole rings is 1. The van der Waals surface area contributed by atoms with Gasteiger partial charge in [-0.3, -0.25) is 4.40 Å². The third-order valence-corrected chi connectivity index (χ3v) is 3.74. The van der Waals surface area contributed by atoms with Crippen molar-refractivity contribution in [2.45, 2.75) is 26.9 Å². The third-order valence-electron chi connectivity index (χ3n) is 3.74. The van der Waals surface area contributed by atoms with E-state index in [0.29, 0.717) is 0 Å². The summed E-state index contributed by atoms with van der Waals surface area (Å²) < 4.78 is 2.08. The molecule has 1 N–H and O–H groups in total. The zero-order valence-electron chi connectivity index (χ0n) is 13.5. The summed E-state index contributed by atoms with van der Waals surface area (Å²) in [6.07, 6.45) is 1.41. The van der Waals surface area contributed by atoms with E-state index in [4.69, 9.17) is 0 Å². The lowest BCUT2D eigenvalue weighted by Gasteiger charge is -2.34. The highest BCUT2D eigenvalue weighted by Gasteiger charge is 2.17. The number of fused-ring (bicyclic) bond motifs is 1. The molecular formula is C16H26N4O. The molecular weight excluding hydrogens is 264 g/mol. The summed E-state index contributed by atoms with van der Waals surface area (Å²) in [6.45, 7) is 9.95. The van der Waals surface area contributed by atoms with E-state index in [-0.39, 0.29) is 0 Å². The molecule has 2 aromatic rings. The molecule has 1 saturated heterocycles. The first-order chi connectivity index (χ1) is 10.1. The van der Waals surface area contributed by atoms with Gasteiger partial charge in [0.05, 0.1) is 11.8 Å². The third kappa shape index (κ3) is 3.36. The molecule has 1 aliphatic rings. The Morgan fingerprint density at radius 2 is 1.81 bits per heavy atom. The first-order valence-corrected chi connectivity index (χ1v) is 7.75. The number of rotatable bonds is 2. The number of hydrogen-bond acceptors (Lipinski definition) is 4. The van der Waals surface area contributed by atoms with Crippen molar-refractivity contribution >= 4 is 11.5 Å². The maximum atomic E-state index is 9.66. The molecule has 3 heterocycles. The van der Waals surface area contributed by atoms with Crippen molar-refractivity contribution in [1.29, 1.82) is 0 Å². The molecule has 2 aromatic heterocycles. The number of aliphatic hydroxyl groups is 1. The summed E-state index contributed by atoms with van der Waals surface area (Å²) in [7, 11) is 2.15. The Kier molecular flexibility index (Phi) is 5.20. The smallest absolute Gasteiger partial charge is 0.138 e. The highest BCUT2D eigenvalue weighted by molar-refractivity contribution is 5.53. The molecule has 0 spiro atoms. The standard InChI is InChI=1S/C14H20N4O.C2H6/c1-11(19)12-10-18-13(15-12)4-3-5-14(18)17-8-6-16(2)7-9-17;1-2/h3-5,10-11,19H,6-9H2,1-2H3;1-2H3. The Labute approximate surface area is 126 Å². The van der Waals surface area contributed by atoms with Gasteiger partial charge in [0.1, 0.15) is 11.5 Å². The first-order valence-electron chi connectivity index (χ1n) is 7.75. The number of anilines is 1. The fourth-order valence-corrected chi connectivity index (χ4v) is 2.51. The predicted molar refractivity (Wildman–Crippen MR) is 86.9 cm³/mol. The van der Waals surface area contributed by atoms with Crippen molar-refractivity contribution < 1.29 is 5.11 Å². The van der Waals surface area contributed by atoms with E-state index in [1.807, 2.05) is 32.2 Å². The second kappa shape index (κ2) is 6.91. The van der Waals surface area contributed by atoms with E-state index in [0.717, 1.165) is 43.3 Å². The molecule has 0 amide bonds. The van der Waals surface area contributed by atoms with E-state index in [1.54, 1.807) is 6.92 Å². The SMILES string of the molecule is CC.CC(O)c1cn2c(N3CCN(C)CC3)cccc2n1. The van der Waals surface area contributed by atoms with Gasteiger partial charge in [0, 0.05) is 32.4 Å². The average Bonchev–Trinajstić information content (AvgIpc) is 2.94. The Morgan fingerprint density at radius 3 is 2.43 bits per heavy atom. The number of likely N-dealkylation sites (N-methyl/N-ethyl adjacent to an activating group) is 1. The lowest BCUT2D eigenvalue weighted by Crippen LogP contribution is -2.45. The van der Waals surface area contributed by atoms with Gasteiger partial charge in [-0.15, -0.1) is 0 Å². The van der Waals surface area contributed by atoms with Crippen molar-refractivity contribution in [1.82, 2.24) is 14.3 Å². The van der Waals surface area contributed by atoms with Crippen LogP contribution in [0, 0.1) is 0 Å². The van der Waals surface area contributed by atoms with Gasteiger partial charge in [0.2, 0.25) is 0 Å². The largest absolute Gasteiger partial charge is 0.387 e. The van der Waals surface area contributed by atoms with Crippen LogP contribution in [0.2, 0.25) is 0 Å². The number of nitrogens with zero attached hydrogens (tertiary/aromatic N) is 4. The molecule has 1 atom stereocenters. The fraction of sp³-hybridized carbons (Fsp3) is 0.562. The van der Waals surface area contributed by atoms with Gasteiger partial charge in [-0.25, -0.2) is 4.98 Å². The number of pyridine rings is 1. The van der Waals surface area contributed by atoms with Gasteiger partial charge in [0.25, 0.3) is 0 Å². The zero-order valence-corrected chi connectivity index (χ0v) is 13.5. The summed E-state index contributed by atoms with van der Waals surface area (Å²) in [5.41, 5.74) is 1.62. The van der Waals surface area contributed by atoms with Gasteiger partial charge >= 0.3 is 0 Å². The minimum absolute atomic E-state index is 0.528. The molecule has 116 valence electrons. The predicted octanol–water partition coefficient (Wildman–Crippen LogP) is 2.17. The molecule has 1 aliphatic heterocycles. The monoisotopic (exact) mass is 290 g/mol. The Bertz CT molecular complexity index is 571. The van der Waals surface area contributed by atoms with E-state index in [2.05, 4.69) is 32.3 Å². The molecule has 0 radical (unpaired) electrons. The Hall–Kier alpha value is -1.59. The first kappa shape index (κ1) is 15.8. The minimum Gasteiger partial charge on any atom is -0.387 e. The molecule has 3 rings (SSSR count). The van der Waals surface area contributed by atoms with Crippen LogP contribution >= 0.6 is 0 Å². The Morgan fingerprint density at radius 1 is 1.14 bits per heavy atom. The van der Waals surface area contributed by atoms with Crippen LogP contribution in [-0.2, 0) is 0 Å². The lowest BCUT2D eigenvalue weighted by atomic mass is 10.3. The van der Waals surface area contributed by atoms with Crippen molar-refractivity contribution in [3.05, 3.63) is 30.1 Å². The van der Waals surface area contributed by atoms with E-state index < -0.39 is 6.10 Å². The molecule has 1 fully saturated rings. The molecule has 0 aliphatic carbocycles. The van der Waals surface area contributed by atoms with Gasteiger partial charge in [0.15, 0.2) is 0 Å². The number of aromatic nitrogens is 2. The number of hydrogen-bond donors (Lipinski definition) is 1. The molecule has 0 bridgehead atoms. The van der Waals surface area contributed by atoms with Gasteiger partial charge in [-0.1, -0.05) is 19.9 Å². The van der Waals surface area contributed by atoms with Crippen LogP contribution in [0.3, 0.4) is 0 Å². The molecule has 5 nitrogen and oxygen atoms in total. The van der Waals surface area contributed by atoms with Crippen LogP contribution in [0.25, 0.3) is 5.65 Å². The van der Waals surface area contributed by atoms with Crippen molar-refractivity contribution in [2.24, 2.45) is 0 Å². The van der Waals surface area contributed by atoms with Crippen molar-refractivity contribution in [3.63, 3.8) is 0 Å². The van der Waals surface area contributed by atoms with Crippen molar-refractivity contribution in [2.75, 3.05) is 38.1 Å². The van der Waals surface area contributed by atoms with E-state index in [9.17, 15) is 5.11 Å². The molecule has 0 saturated carbocycles. The summed E-state index contributed by atoms with van der Waals surface area (Å²) in [4.78, 5) is 9.17. The summed E-state index contributed by atoms with van der Waals surface area (Å²) >= 11 is 0. The number of aliphatic hydroxyl groups excluding tert-OH is 1. The quantitative estimate of drug-likeness (QED) is 0.920. The maximum Gasteiger partial charge on any atom is 0.138 e. The van der Waals surface area contributed by atoms with Crippen LogP contribution in [0.1, 0.15) is 32.6 Å². The van der Waals surface area contributed by atoms with Gasteiger partial charge in [-0.05, 0) is 26.1 Å². The zero-order chi connectivity index (χ0) is 15.4. The Balaban J connectivity index is 0.000000774. The minimum atomic E-state index is -0.528. The van der Waals surface area contributed by atoms with Crippen LogP contribution in [0.4, 0.5) is 5.82 Å². The van der Waals surface area contributed by atoms with Crippen LogP contribution < -0.4 is 4.90 Å². The second-order valence-corrected chi connectivity index (χ2v) is 5.24. The van der Waals surface area contributed by atoms with Gasteiger partial charge in [-0.2, -0.15) is 0 Å². The molecule has 0 aromatic carbocycles. The summed E-state index contributed by atoms with van der Waals surface area (Å²) in [5.74, 6) is 1.16. The maximum absolute atomic E-state index is 9.66. The summed E-state index contributed by atoms with van der Waals surface area (Å²) in [5, 5.41) is 9.66. The van der Waals surface area contributed by atoms with E-state index in [1.165, 1.54) is 0 Å². The van der Waals surface area contributed by atoms with Crippen LogP contribution in [-0.4, -0.2) is 52.6 Å². The highest BCUT2D eigenvalue weighted by Crippen LogP contribution is 2.21. The topological polar surface area (TPSA) is 44.0 Å². The lowest BCUT2D eigenvalue weighted by molar-refractivity contribution is 0.195. The normalized spacial score (nSPS) is 17.5. The van der Waals surface area contributed by atoms with Crippen LogP contribution in [0.15, 0.2) is 24.4 Å². The average molecular weight is 290 g/mol. The highest BCUT2D eigenvalue weighted by atomic mass is 16.3.